The van der Waals surface area contributed by atoms with E-state index < -0.39 is 0 Å². The molecule has 0 spiro atoms. The molecule has 1 atom stereocenters. The van der Waals surface area contributed by atoms with E-state index in [-0.39, 0.29) is 18.0 Å². The van der Waals surface area contributed by atoms with Gasteiger partial charge in [-0.1, -0.05) is 59.8 Å². The number of fused-ring (bicyclic) bond motifs is 1. The molecule has 194 valence electrons. The maximum Gasteiger partial charge on any atom is 0.323 e. The highest BCUT2D eigenvalue weighted by atomic mass is 32.2. The maximum absolute atomic E-state index is 13.6. The van der Waals surface area contributed by atoms with Crippen molar-refractivity contribution in [1.29, 1.82) is 0 Å². The number of amidine groups is 1. The van der Waals surface area contributed by atoms with Gasteiger partial charge in [0.15, 0.2) is 5.17 Å². The lowest BCUT2D eigenvalue weighted by Gasteiger charge is -2.41. The Labute approximate surface area is 227 Å². The molecule has 3 N–H and O–H groups in total. The first-order valence-corrected chi connectivity index (χ1v) is 13.7. The fraction of sp³-hybridized carbons (Fsp3) is 0.233. The summed E-state index contributed by atoms with van der Waals surface area (Å²) in [6.45, 7) is 6.69. The van der Waals surface area contributed by atoms with E-state index in [0.29, 0.717) is 17.0 Å². The van der Waals surface area contributed by atoms with Gasteiger partial charge in [0, 0.05) is 29.4 Å². The van der Waals surface area contributed by atoms with E-state index >= 15 is 0 Å². The molecule has 2 aliphatic heterocycles. The van der Waals surface area contributed by atoms with Crippen LogP contribution in [0.25, 0.3) is 0 Å². The SMILES string of the molecule is CC1=C(C(=O)Nc2ccccc2)C(c2cccc(NC(=O)Nc3ccc(C)cc3C)c2)N2CCCSC2=N1. The van der Waals surface area contributed by atoms with Crippen LogP contribution in [-0.4, -0.2) is 34.3 Å². The number of carbonyl (C=O) groups is 2. The Balaban J connectivity index is 1.43. The summed E-state index contributed by atoms with van der Waals surface area (Å²) in [6, 6.07) is 22.4. The van der Waals surface area contributed by atoms with Gasteiger partial charge in [0.1, 0.15) is 0 Å². The third-order valence-corrected chi connectivity index (χ3v) is 7.70. The molecular weight excluding hydrogens is 494 g/mol. The Morgan fingerprint density at radius 1 is 0.895 bits per heavy atom. The molecule has 2 heterocycles. The van der Waals surface area contributed by atoms with E-state index in [1.54, 1.807) is 11.8 Å². The number of allylic oxidation sites excluding steroid dienone is 1. The van der Waals surface area contributed by atoms with Crippen LogP contribution in [0.5, 0.6) is 0 Å². The molecule has 3 aromatic carbocycles. The van der Waals surface area contributed by atoms with Crippen molar-refractivity contribution < 1.29 is 9.59 Å². The normalized spacial score (nSPS) is 16.9. The summed E-state index contributed by atoms with van der Waals surface area (Å²) in [5.74, 6) is 0.823. The molecule has 7 nitrogen and oxygen atoms in total. The number of nitrogens with zero attached hydrogens (tertiary/aromatic N) is 2. The zero-order chi connectivity index (χ0) is 26.6. The van der Waals surface area contributed by atoms with E-state index in [2.05, 4.69) is 20.9 Å². The van der Waals surface area contributed by atoms with E-state index in [1.807, 2.05) is 93.6 Å². The number of urea groups is 1. The van der Waals surface area contributed by atoms with Gasteiger partial charge in [0.05, 0.1) is 17.3 Å². The van der Waals surface area contributed by atoms with Crippen LogP contribution in [0.4, 0.5) is 21.9 Å². The molecule has 1 unspecified atom stereocenters. The van der Waals surface area contributed by atoms with E-state index in [1.165, 1.54) is 0 Å². The lowest BCUT2D eigenvalue weighted by Crippen LogP contribution is -2.43. The summed E-state index contributed by atoms with van der Waals surface area (Å²) >= 11 is 1.72. The van der Waals surface area contributed by atoms with E-state index in [9.17, 15) is 9.59 Å². The standard InChI is InChI=1S/C30H31N5O2S/c1-19-13-14-25(20(2)17-19)34-29(37)33-24-12-7-9-22(18-24)27-26(28(36)32-23-10-5-4-6-11-23)21(3)31-30-35(27)15-8-16-38-30/h4-7,9-14,17-18,27H,8,15-16H2,1-3H3,(H,32,36)(H2,33,34,37). The predicted octanol–water partition coefficient (Wildman–Crippen LogP) is 6.71. The molecular formula is C30H31N5O2S. The molecule has 3 aromatic rings. The number of para-hydroxylation sites is 1. The van der Waals surface area contributed by atoms with Gasteiger partial charge >= 0.3 is 6.03 Å². The van der Waals surface area contributed by atoms with Gasteiger partial charge in [0.2, 0.25) is 0 Å². The Kier molecular flexibility index (Phi) is 7.51. The molecule has 0 radical (unpaired) electrons. The van der Waals surface area contributed by atoms with Gasteiger partial charge in [-0.05, 0) is 68.7 Å². The number of benzene rings is 3. The molecule has 1 saturated heterocycles. The van der Waals surface area contributed by atoms with E-state index in [0.717, 1.165) is 52.0 Å². The van der Waals surface area contributed by atoms with Crippen LogP contribution < -0.4 is 16.0 Å². The van der Waals surface area contributed by atoms with Gasteiger partial charge < -0.3 is 20.9 Å². The first kappa shape index (κ1) is 25.6. The van der Waals surface area contributed by atoms with Crippen LogP contribution in [-0.2, 0) is 4.79 Å². The van der Waals surface area contributed by atoms with E-state index in [4.69, 9.17) is 4.99 Å². The topological polar surface area (TPSA) is 85.8 Å². The van der Waals surface area contributed by atoms with Crippen LogP contribution in [0.1, 0.15) is 36.1 Å². The number of carbonyl (C=O) groups excluding carboxylic acids is 2. The number of hydrogen-bond donors (Lipinski definition) is 3. The zero-order valence-electron chi connectivity index (χ0n) is 21.7. The van der Waals surface area contributed by atoms with Crippen LogP contribution in [0.15, 0.2) is 89.1 Å². The predicted molar refractivity (Wildman–Crippen MR) is 157 cm³/mol. The summed E-state index contributed by atoms with van der Waals surface area (Å²) in [5, 5.41) is 9.87. The smallest absolute Gasteiger partial charge is 0.323 e. The molecule has 0 aliphatic carbocycles. The lowest BCUT2D eigenvalue weighted by atomic mass is 9.93. The van der Waals surface area contributed by atoms with Gasteiger partial charge in [-0.2, -0.15) is 0 Å². The number of rotatable bonds is 5. The second-order valence-corrected chi connectivity index (χ2v) is 10.6. The summed E-state index contributed by atoms with van der Waals surface area (Å²) in [7, 11) is 0. The van der Waals surface area contributed by atoms with Crippen LogP contribution in [0, 0.1) is 13.8 Å². The van der Waals surface area contributed by atoms with Crippen molar-refractivity contribution in [2.75, 3.05) is 28.2 Å². The van der Waals surface area contributed by atoms with Crippen molar-refractivity contribution in [3.05, 3.63) is 101 Å². The quantitative estimate of drug-likeness (QED) is 0.346. The Morgan fingerprint density at radius 2 is 1.68 bits per heavy atom. The third kappa shape index (κ3) is 5.60. The fourth-order valence-electron chi connectivity index (χ4n) is 4.85. The molecule has 8 heteroatoms. The van der Waals surface area contributed by atoms with Crippen molar-refractivity contribution in [2.24, 2.45) is 4.99 Å². The number of amides is 3. The number of aliphatic imine (C=N–C) groups is 1. The average Bonchev–Trinajstić information content (AvgIpc) is 2.90. The third-order valence-electron chi connectivity index (χ3n) is 6.63. The minimum atomic E-state index is -0.317. The van der Waals surface area contributed by atoms with Crippen LogP contribution in [0.2, 0.25) is 0 Å². The maximum atomic E-state index is 13.6. The molecule has 0 bridgehead atoms. The second-order valence-electron chi connectivity index (χ2n) is 9.53. The van der Waals surface area contributed by atoms with Crippen molar-refractivity contribution in [1.82, 2.24) is 4.90 Å². The summed E-state index contributed by atoms with van der Waals surface area (Å²) in [4.78, 5) is 33.4. The Bertz CT molecular complexity index is 1430. The summed E-state index contributed by atoms with van der Waals surface area (Å²) in [5.41, 5.74) is 6.52. The summed E-state index contributed by atoms with van der Waals surface area (Å²) < 4.78 is 0. The van der Waals surface area contributed by atoms with Crippen molar-refractivity contribution in [3.8, 4) is 0 Å². The minimum Gasteiger partial charge on any atom is -0.340 e. The number of hydrogen-bond acceptors (Lipinski definition) is 5. The Hall–Kier alpha value is -4.04. The number of nitrogens with one attached hydrogen (secondary N) is 3. The first-order chi connectivity index (χ1) is 18.4. The van der Waals surface area contributed by atoms with Gasteiger partial charge in [-0.15, -0.1) is 0 Å². The molecule has 1 fully saturated rings. The van der Waals surface area contributed by atoms with Crippen molar-refractivity contribution in [2.45, 2.75) is 33.2 Å². The number of thioether (sulfide) groups is 1. The zero-order valence-corrected chi connectivity index (χ0v) is 22.6. The molecule has 0 aromatic heterocycles. The molecule has 38 heavy (non-hydrogen) atoms. The minimum absolute atomic E-state index is 0.178. The largest absolute Gasteiger partial charge is 0.340 e. The van der Waals surface area contributed by atoms with Crippen molar-refractivity contribution >= 4 is 45.9 Å². The highest BCUT2D eigenvalue weighted by Crippen LogP contribution is 2.40. The monoisotopic (exact) mass is 525 g/mol. The Morgan fingerprint density at radius 3 is 2.47 bits per heavy atom. The van der Waals surface area contributed by atoms with Gasteiger partial charge in [0.25, 0.3) is 5.91 Å². The molecule has 5 rings (SSSR count). The first-order valence-electron chi connectivity index (χ1n) is 12.7. The number of aryl methyl sites for hydroxylation is 2. The molecule has 2 aliphatic rings. The van der Waals surface area contributed by atoms with Gasteiger partial charge in [-0.25, -0.2) is 9.79 Å². The summed E-state index contributed by atoms with van der Waals surface area (Å²) in [6.07, 6.45) is 1.00. The van der Waals surface area contributed by atoms with Gasteiger partial charge in [-0.3, -0.25) is 4.79 Å². The highest BCUT2D eigenvalue weighted by Gasteiger charge is 2.37. The second kappa shape index (κ2) is 11.1. The van der Waals surface area contributed by atoms with Crippen LogP contribution in [0.3, 0.4) is 0 Å². The molecule has 3 amide bonds. The fourth-order valence-corrected chi connectivity index (χ4v) is 5.87. The molecule has 0 saturated carbocycles. The highest BCUT2D eigenvalue weighted by molar-refractivity contribution is 8.13. The van der Waals surface area contributed by atoms with Crippen molar-refractivity contribution in [3.63, 3.8) is 0 Å². The number of anilines is 3. The average molecular weight is 526 g/mol. The van der Waals surface area contributed by atoms with Crippen LogP contribution >= 0.6 is 11.8 Å². The lowest BCUT2D eigenvalue weighted by molar-refractivity contribution is -0.113.